The minimum Gasteiger partial charge on any atom is -0.507 e. The predicted octanol–water partition coefficient (Wildman–Crippen LogP) is 4.71. The molecule has 36 heavy (non-hydrogen) atoms. The number of carbonyl (C=O) groups excluding carboxylic acids is 3. The lowest BCUT2D eigenvalue weighted by Gasteiger charge is -2.23. The second-order valence-electron chi connectivity index (χ2n) is 8.03. The van der Waals surface area contributed by atoms with Gasteiger partial charge in [0.2, 0.25) is 0 Å². The first-order valence-corrected chi connectivity index (χ1v) is 11.9. The van der Waals surface area contributed by atoms with Gasteiger partial charge in [0.25, 0.3) is 5.78 Å². The number of amides is 1. The molecule has 1 atom stereocenters. The van der Waals surface area contributed by atoms with Gasteiger partial charge in [-0.2, -0.15) is 0 Å². The van der Waals surface area contributed by atoms with Crippen molar-refractivity contribution in [3.05, 3.63) is 81.1 Å². The van der Waals surface area contributed by atoms with Crippen LogP contribution in [0.25, 0.3) is 5.76 Å². The average Bonchev–Trinajstić information content (AvgIpc) is 3.36. The highest BCUT2D eigenvalue weighted by Gasteiger charge is 2.48. The number of rotatable bonds is 6. The molecule has 2 heterocycles. The van der Waals surface area contributed by atoms with Crippen molar-refractivity contribution in [2.24, 2.45) is 0 Å². The van der Waals surface area contributed by atoms with Gasteiger partial charge < -0.3 is 14.6 Å². The van der Waals surface area contributed by atoms with Gasteiger partial charge in [0.15, 0.2) is 5.13 Å². The van der Waals surface area contributed by atoms with Gasteiger partial charge in [0, 0.05) is 5.56 Å². The quantitative estimate of drug-likeness (QED) is 0.222. The lowest BCUT2D eigenvalue weighted by atomic mass is 9.94. The Kier molecular flexibility index (Phi) is 6.89. The molecule has 1 N–H and O–H groups in total. The van der Waals surface area contributed by atoms with E-state index in [9.17, 15) is 23.9 Å². The standard InChI is InChI=1S/C26H23FN2O6S/c1-5-35-25(33)23-14(3)28-26(36-23)29-20(15-6-8-16(27)9-7-15)19(22(31)24(29)32)21(30)18-11-10-17(34-4)12-13(18)2/h6-12,20,30H,5H2,1-4H3/t20-/m1/s1. The Morgan fingerprint density at radius 2 is 1.86 bits per heavy atom. The summed E-state index contributed by atoms with van der Waals surface area (Å²) in [6, 6.07) is 9.06. The Morgan fingerprint density at radius 3 is 2.47 bits per heavy atom. The van der Waals surface area contributed by atoms with E-state index in [2.05, 4.69) is 4.98 Å². The molecule has 186 valence electrons. The number of aliphatic hydroxyl groups excluding tert-OH is 1. The number of hydrogen-bond donors (Lipinski definition) is 1. The Labute approximate surface area is 210 Å². The van der Waals surface area contributed by atoms with Gasteiger partial charge in [0.1, 0.15) is 22.2 Å². The van der Waals surface area contributed by atoms with Crippen LogP contribution in [-0.4, -0.2) is 41.5 Å². The number of anilines is 1. The van der Waals surface area contributed by atoms with Crippen molar-refractivity contribution < 1.29 is 33.4 Å². The van der Waals surface area contributed by atoms with Crippen molar-refractivity contribution in [1.29, 1.82) is 0 Å². The highest BCUT2D eigenvalue weighted by molar-refractivity contribution is 7.17. The molecule has 10 heteroatoms. The number of ether oxygens (including phenoxy) is 2. The van der Waals surface area contributed by atoms with E-state index in [0.717, 1.165) is 16.2 Å². The van der Waals surface area contributed by atoms with E-state index in [1.165, 1.54) is 31.4 Å². The van der Waals surface area contributed by atoms with Crippen LogP contribution < -0.4 is 9.64 Å². The van der Waals surface area contributed by atoms with Crippen LogP contribution in [0.5, 0.6) is 5.75 Å². The fraction of sp³-hybridized carbons (Fsp3) is 0.231. The molecule has 4 rings (SSSR count). The molecule has 1 fully saturated rings. The normalized spacial score (nSPS) is 16.9. The minimum atomic E-state index is -1.10. The van der Waals surface area contributed by atoms with Crippen LogP contribution >= 0.6 is 11.3 Å². The highest BCUT2D eigenvalue weighted by Crippen LogP contribution is 2.44. The van der Waals surface area contributed by atoms with Crippen molar-refractivity contribution in [1.82, 2.24) is 4.98 Å². The van der Waals surface area contributed by atoms with Crippen molar-refractivity contribution in [3.8, 4) is 5.75 Å². The first-order chi connectivity index (χ1) is 17.2. The second-order valence-corrected chi connectivity index (χ2v) is 9.01. The van der Waals surface area contributed by atoms with E-state index in [4.69, 9.17) is 9.47 Å². The first-order valence-electron chi connectivity index (χ1n) is 11.0. The third-order valence-electron chi connectivity index (χ3n) is 5.77. The second kappa shape index (κ2) is 9.90. The zero-order valence-electron chi connectivity index (χ0n) is 20.0. The third-order valence-corrected chi connectivity index (χ3v) is 6.91. The molecule has 0 saturated carbocycles. The van der Waals surface area contributed by atoms with E-state index in [-0.39, 0.29) is 27.9 Å². The summed E-state index contributed by atoms with van der Waals surface area (Å²) < 4.78 is 24.0. The van der Waals surface area contributed by atoms with Gasteiger partial charge in [-0.25, -0.2) is 14.2 Å². The molecule has 1 aromatic heterocycles. The number of hydrogen-bond acceptors (Lipinski definition) is 8. The zero-order valence-corrected chi connectivity index (χ0v) is 20.8. The van der Waals surface area contributed by atoms with E-state index < -0.39 is 29.5 Å². The summed E-state index contributed by atoms with van der Waals surface area (Å²) in [4.78, 5) is 44.6. The van der Waals surface area contributed by atoms with E-state index >= 15 is 0 Å². The SMILES string of the molecule is CCOC(=O)c1sc(N2C(=O)C(=O)C(=C(O)c3ccc(OC)cc3C)[C@H]2c2ccc(F)cc2)nc1C. The number of halogens is 1. The van der Waals surface area contributed by atoms with Crippen molar-refractivity contribution in [2.45, 2.75) is 26.8 Å². The van der Waals surface area contributed by atoms with E-state index in [1.807, 2.05) is 0 Å². The molecule has 3 aromatic rings. The number of ketones is 1. The van der Waals surface area contributed by atoms with Gasteiger partial charge in [0.05, 0.1) is 31.0 Å². The third kappa shape index (κ3) is 4.35. The highest BCUT2D eigenvalue weighted by atomic mass is 32.1. The Bertz CT molecular complexity index is 1400. The molecule has 0 aliphatic carbocycles. The van der Waals surface area contributed by atoms with Gasteiger partial charge in [-0.1, -0.05) is 23.5 Å². The maximum atomic E-state index is 13.7. The molecular formula is C26H23FN2O6S. The number of aliphatic hydroxyl groups is 1. The number of carbonyl (C=O) groups is 3. The van der Waals surface area contributed by atoms with Crippen LogP contribution in [0, 0.1) is 19.7 Å². The van der Waals surface area contributed by atoms with Gasteiger partial charge in [-0.3, -0.25) is 14.5 Å². The number of aromatic nitrogens is 1. The fourth-order valence-electron chi connectivity index (χ4n) is 4.04. The molecular weight excluding hydrogens is 487 g/mol. The minimum absolute atomic E-state index is 0.0810. The number of aryl methyl sites for hydroxylation is 2. The maximum Gasteiger partial charge on any atom is 0.350 e. The summed E-state index contributed by atoms with van der Waals surface area (Å²) in [7, 11) is 1.51. The summed E-state index contributed by atoms with van der Waals surface area (Å²) in [5, 5.41) is 11.4. The smallest absolute Gasteiger partial charge is 0.350 e. The van der Waals surface area contributed by atoms with Gasteiger partial charge in [-0.15, -0.1) is 0 Å². The molecule has 0 radical (unpaired) electrons. The first kappa shape index (κ1) is 25.1. The van der Waals surface area contributed by atoms with Crippen LogP contribution in [0.3, 0.4) is 0 Å². The van der Waals surface area contributed by atoms with Crippen LogP contribution in [0.1, 0.15) is 45.0 Å². The topological polar surface area (TPSA) is 106 Å². The lowest BCUT2D eigenvalue weighted by Crippen LogP contribution is -2.29. The summed E-state index contributed by atoms with van der Waals surface area (Å²) >= 11 is 0.902. The largest absolute Gasteiger partial charge is 0.507 e. The summed E-state index contributed by atoms with van der Waals surface area (Å²) in [6.07, 6.45) is 0. The number of esters is 1. The predicted molar refractivity (Wildman–Crippen MR) is 132 cm³/mol. The summed E-state index contributed by atoms with van der Waals surface area (Å²) in [5.74, 6) is -2.78. The molecule has 1 aliphatic rings. The Balaban J connectivity index is 1.92. The fourth-order valence-corrected chi connectivity index (χ4v) is 5.02. The van der Waals surface area contributed by atoms with Gasteiger partial charge >= 0.3 is 11.9 Å². The van der Waals surface area contributed by atoms with Crippen LogP contribution in [0.4, 0.5) is 9.52 Å². The molecule has 0 bridgehead atoms. The van der Waals surface area contributed by atoms with Crippen molar-refractivity contribution in [3.63, 3.8) is 0 Å². The lowest BCUT2D eigenvalue weighted by molar-refractivity contribution is -0.132. The number of benzene rings is 2. The Hall–Kier alpha value is -4.05. The van der Waals surface area contributed by atoms with Crippen LogP contribution in [0.15, 0.2) is 48.0 Å². The zero-order chi connectivity index (χ0) is 26.1. The number of methoxy groups -OCH3 is 1. The molecule has 1 amide bonds. The molecule has 1 aliphatic heterocycles. The van der Waals surface area contributed by atoms with Gasteiger partial charge in [-0.05, 0) is 62.2 Å². The van der Waals surface area contributed by atoms with Crippen LogP contribution in [-0.2, 0) is 14.3 Å². The number of nitrogens with zero attached hydrogens (tertiary/aromatic N) is 2. The Morgan fingerprint density at radius 1 is 1.17 bits per heavy atom. The van der Waals surface area contributed by atoms with E-state index in [0.29, 0.717) is 28.1 Å². The van der Waals surface area contributed by atoms with Crippen LogP contribution in [0.2, 0.25) is 0 Å². The molecule has 2 aromatic carbocycles. The monoisotopic (exact) mass is 510 g/mol. The van der Waals surface area contributed by atoms with E-state index in [1.54, 1.807) is 39.0 Å². The molecule has 8 nitrogen and oxygen atoms in total. The molecule has 0 spiro atoms. The number of Topliss-reactive ketones (excluding diaryl/α,β-unsaturated/α-hetero) is 1. The maximum absolute atomic E-state index is 13.7. The van der Waals surface area contributed by atoms with Crippen molar-refractivity contribution >= 4 is 39.9 Å². The van der Waals surface area contributed by atoms with Crippen molar-refractivity contribution in [2.75, 3.05) is 18.6 Å². The average molecular weight is 511 g/mol. The summed E-state index contributed by atoms with van der Waals surface area (Å²) in [6.45, 7) is 5.16. The summed E-state index contributed by atoms with van der Waals surface area (Å²) in [5.41, 5.74) is 1.49. The molecule has 1 saturated heterocycles. The molecule has 0 unspecified atom stereocenters. The number of thiazole rings is 1.